The minimum atomic E-state index is -0.646. The second-order valence-corrected chi connectivity index (χ2v) is 8.57. The quantitative estimate of drug-likeness (QED) is 0.246. The van der Waals surface area contributed by atoms with Gasteiger partial charge >= 0.3 is 0 Å². The summed E-state index contributed by atoms with van der Waals surface area (Å²) in [7, 11) is 0. The summed E-state index contributed by atoms with van der Waals surface area (Å²) in [6, 6.07) is 26.5. The molecular formula is C26H25BrN6O. The summed E-state index contributed by atoms with van der Waals surface area (Å²) in [4.78, 5) is 21.5. The van der Waals surface area contributed by atoms with Crippen LogP contribution in [0.15, 0.2) is 95.6 Å². The number of aromatic nitrogens is 2. The minimum absolute atomic E-state index is 0.242. The molecule has 0 radical (unpaired) electrons. The molecule has 3 aromatic carbocycles. The summed E-state index contributed by atoms with van der Waals surface area (Å²) in [6.07, 6.45) is 2.16. The highest BCUT2D eigenvalue weighted by Gasteiger charge is 2.14. The molecule has 34 heavy (non-hydrogen) atoms. The molecule has 4 aromatic rings. The molecule has 0 aliphatic carbocycles. The summed E-state index contributed by atoms with van der Waals surface area (Å²) in [5, 5.41) is 9.39. The molecule has 4 rings (SSSR count). The van der Waals surface area contributed by atoms with Gasteiger partial charge in [0.25, 0.3) is 0 Å². The first kappa shape index (κ1) is 23.4. The van der Waals surface area contributed by atoms with Gasteiger partial charge in [-0.3, -0.25) is 4.79 Å². The van der Waals surface area contributed by atoms with Crippen LogP contribution in [-0.4, -0.2) is 21.9 Å². The Morgan fingerprint density at radius 1 is 0.912 bits per heavy atom. The molecule has 0 fully saturated rings. The summed E-state index contributed by atoms with van der Waals surface area (Å²) in [5.41, 5.74) is 9.65. The van der Waals surface area contributed by atoms with Crippen LogP contribution in [0.3, 0.4) is 0 Å². The first-order chi connectivity index (χ1) is 16.6. The van der Waals surface area contributed by atoms with Gasteiger partial charge in [-0.1, -0.05) is 66.7 Å². The minimum Gasteiger partial charge on any atom is -0.365 e. The van der Waals surface area contributed by atoms with Gasteiger partial charge in [-0.15, -0.1) is 0 Å². The lowest BCUT2D eigenvalue weighted by atomic mass is 10.1. The molecule has 1 unspecified atom stereocenters. The molecule has 1 amide bonds. The Bertz CT molecular complexity index is 1240. The van der Waals surface area contributed by atoms with Crippen molar-refractivity contribution in [3.8, 4) is 0 Å². The zero-order chi connectivity index (χ0) is 23.8. The Kier molecular flexibility index (Phi) is 7.85. The molecule has 1 atom stereocenters. The molecule has 1 heterocycles. The van der Waals surface area contributed by atoms with Crippen LogP contribution in [0.25, 0.3) is 0 Å². The fourth-order valence-corrected chi connectivity index (χ4v) is 3.66. The first-order valence-corrected chi connectivity index (χ1v) is 11.6. The number of benzene rings is 3. The number of carbonyl (C=O) groups excluding carboxylic acids is 1. The van der Waals surface area contributed by atoms with E-state index in [1.54, 1.807) is 6.20 Å². The third kappa shape index (κ3) is 6.63. The van der Waals surface area contributed by atoms with Crippen LogP contribution in [0.5, 0.6) is 0 Å². The van der Waals surface area contributed by atoms with E-state index in [4.69, 9.17) is 5.73 Å². The summed E-state index contributed by atoms with van der Waals surface area (Å²) in [6.45, 7) is 0.640. The first-order valence-electron chi connectivity index (χ1n) is 10.8. The zero-order valence-electron chi connectivity index (χ0n) is 18.4. The smallest absolute Gasteiger partial charge is 0.241 e. The summed E-state index contributed by atoms with van der Waals surface area (Å²) >= 11 is 3.49. The van der Waals surface area contributed by atoms with E-state index in [9.17, 15) is 4.79 Å². The number of carbonyl (C=O) groups is 1. The maximum atomic E-state index is 12.6. The predicted molar refractivity (Wildman–Crippen MR) is 140 cm³/mol. The fraction of sp³-hybridized carbons (Fsp3) is 0.115. The van der Waals surface area contributed by atoms with Crippen molar-refractivity contribution in [1.82, 2.24) is 9.97 Å². The SMILES string of the molecule is NC(Cc1ccccc1)C(=O)Nc1cccc(Nc2ncc(Br)c(NCc3ccccc3)n2)c1. The molecule has 8 heteroatoms. The van der Waals surface area contributed by atoms with Gasteiger partial charge < -0.3 is 21.7 Å². The van der Waals surface area contributed by atoms with Gasteiger partial charge in [0.05, 0.1) is 10.5 Å². The molecule has 0 saturated heterocycles. The fourth-order valence-electron chi connectivity index (χ4n) is 3.33. The Morgan fingerprint density at radius 2 is 1.59 bits per heavy atom. The van der Waals surface area contributed by atoms with E-state index in [0.717, 1.165) is 21.3 Å². The zero-order valence-corrected chi connectivity index (χ0v) is 20.0. The number of nitrogens with two attached hydrogens (primary N) is 1. The number of halogens is 1. The number of amides is 1. The summed E-state index contributed by atoms with van der Waals surface area (Å²) < 4.78 is 0.766. The molecule has 0 aliphatic heterocycles. The highest BCUT2D eigenvalue weighted by Crippen LogP contribution is 2.24. The third-order valence-electron chi connectivity index (χ3n) is 5.07. The van der Waals surface area contributed by atoms with Crippen molar-refractivity contribution in [1.29, 1.82) is 0 Å². The van der Waals surface area contributed by atoms with Crippen molar-refractivity contribution < 1.29 is 4.79 Å². The maximum Gasteiger partial charge on any atom is 0.241 e. The van der Waals surface area contributed by atoms with Gasteiger partial charge in [0.15, 0.2) is 0 Å². The van der Waals surface area contributed by atoms with E-state index >= 15 is 0 Å². The molecule has 172 valence electrons. The van der Waals surface area contributed by atoms with Crippen LogP contribution in [0.1, 0.15) is 11.1 Å². The van der Waals surface area contributed by atoms with E-state index in [1.807, 2.05) is 84.9 Å². The lowest BCUT2D eigenvalue weighted by molar-refractivity contribution is -0.117. The molecule has 0 spiro atoms. The number of nitrogens with one attached hydrogen (secondary N) is 3. The second-order valence-electron chi connectivity index (χ2n) is 7.72. The van der Waals surface area contributed by atoms with Crippen molar-refractivity contribution >= 4 is 45.0 Å². The molecule has 0 bridgehead atoms. The number of nitrogens with zero attached hydrogens (tertiary/aromatic N) is 2. The van der Waals surface area contributed by atoms with Crippen LogP contribution in [0.2, 0.25) is 0 Å². The van der Waals surface area contributed by atoms with Gasteiger partial charge in [0.2, 0.25) is 11.9 Å². The van der Waals surface area contributed by atoms with Gasteiger partial charge in [-0.05, 0) is 51.7 Å². The largest absolute Gasteiger partial charge is 0.365 e. The topological polar surface area (TPSA) is 105 Å². The van der Waals surface area contributed by atoms with Crippen molar-refractivity contribution in [3.63, 3.8) is 0 Å². The average molecular weight is 517 g/mol. The van der Waals surface area contributed by atoms with Crippen LogP contribution in [0.4, 0.5) is 23.1 Å². The molecule has 7 nitrogen and oxygen atoms in total. The van der Waals surface area contributed by atoms with Crippen LogP contribution < -0.4 is 21.7 Å². The molecule has 5 N–H and O–H groups in total. The van der Waals surface area contributed by atoms with Crippen LogP contribution >= 0.6 is 15.9 Å². The molecular weight excluding hydrogens is 492 g/mol. The van der Waals surface area contributed by atoms with Gasteiger partial charge in [-0.25, -0.2) is 4.98 Å². The Morgan fingerprint density at radius 3 is 2.32 bits per heavy atom. The van der Waals surface area contributed by atoms with Gasteiger partial charge in [0, 0.05) is 24.1 Å². The van der Waals surface area contributed by atoms with E-state index < -0.39 is 6.04 Å². The van der Waals surface area contributed by atoms with Crippen molar-refractivity contribution in [3.05, 3.63) is 107 Å². The van der Waals surface area contributed by atoms with Crippen molar-refractivity contribution in [2.45, 2.75) is 19.0 Å². The normalized spacial score (nSPS) is 11.5. The monoisotopic (exact) mass is 516 g/mol. The van der Waals surface area contributed by atoms with E-state index in [1.165, 1.54) is 0 Å². The van der Waals surface area contributed by atoms with E-state index in [2.05, 4.69) is 41.8 Å². The lowest BCUT2D eigenvalue weighted by Crippen LogP contribution is -2.37. The van der Waals surface area contributed by atoms with Gasteiger partial charge in [0.1, 0.15) is 5.82 Å². The maximum absolute atomic E-state index is 12.6. The van der Waals surface area contributed by atoms with Crippen LogP contribution in [0, 0.1) is 0 Å². The number of hydrogen-bond donors (Lipinski definition) is 4. The Hall–Kier alpha value is -3.75. The highest BCUT2D eigenvalue weighted by atomic mass is 79.9. The lowest BCUT2D eigenvalue weighted by Gasteiger charge is -2.14. The number of anilines is 4. The van der Waals surface area contributed by atoms with Crippen molar-refractivity contribution in [2.75, 3.05) is 16.0 Å². The van der Waals surface area contributed by atoms with E-state index in [0.29, 0.717) is 30.4 Å². The molecule has 0 aliphatic rings. The number of rotatable bonds is 9. The molecule has 0 saturated carbocycles. The third-order valence-corrected chi connectivity index (χ3v) is 5.65. The highest BCUT2D eigenvalue weighted by molar-refractivity contribution is 9.10. The summed E-state index contributed by atoms with van der Waals surface area (Å²) in [5.74, 6) is 0.869. The molecule has 1 aromatic heterocycles. The predicted octanol–water partition coefficient (Wildman–Crippen LogP) is 5.10. The standard InChI is InChI=1S/C26H25BrN6O/c27-22-17-30-26(33-24(22)29-16-19-10-5-2-6-11-19)32-21-13-7-12-20(15-21)31-25(34)23(28)14-18-8-3-1-4-9-18/h1-13,15,17,23H,14,16,28H2,(H,31,34)(H2,29,30,32,33). The second kappa shape index (κ2) is 11.4. The Labute approximate surface area is 207 Å². The Balaban J connectivity index is 1.38. The van der Waals surface area contributed by atoms with Gasteiger partial charge in [-0.2, -0.15) is 4.98 Å². The van der Waals surface area contributed by atoms with Crippen LogP contribution in [-0.2, 0) is 17.8 Å². The van der Waals surface area contributed by atoms with E-state index in [-0.39, 0.29) is 5.91 Å². The average Bonchev–Trinajstić information content (AvgIpc) is 2.86. The van der Waals surface area contributed by atoms with Crippen molar-refractivity contribution in [2.24, 2.45) is 5.73 Å². The number of hydrogen-bond acceptors (Lipinski definition) is 6.